The molecule has 0 radical (unpaired) electrons. The Kier molecular flexibility index (Phi) is 4.07. The molecule has 2 aromatic rings. The second kappa shape index (κ2) is 5.59. The highest BCUT2D eigenvalue weighted by Crippen LogP contribution is 2.23. The monoisotopic (exact) mass is 342 g/mol. The van der Waals surface area contributed by atoms with E-state index in [4.69, 9.17) is 17.3 Å². The predicted octanol–water partition coefficient (Wildman–Crippen LogP) is 4.08. The fourth-order valence-corrected chi connectivity index (χ4v) is 1.94. The van der Waals surface area contributed by atoms with E-state index >= 15 is 0 Å². The minimum atomic E-state index is -0.603. The predicted molar refractivity (Wildman–Crippen MR) is 77.9 cm³/mol. The third-order valence-corrected chi connectivity index (χ3v) is 3.27. The number of halogens is 3. The molecular weight excluding hydrogens is 335 g/mol. The topological polar surface area (TPSA) is 55.1 Å². The van der Waals surface area contributed by atoms with Gasteiger partial charge in [0, 0.05) is 10.2 Å². The normalized spacial score (nSPS) is 10.3. The van der Waals surface area contributed by atoms with E-state index in [2.05, 4.69) is 21.2 Å². The van der Waals surface area contributed by atoms with E-state index in [-0.39, 0.29) is 5.56 Å². The standard InChI is InChI=1S/C13H9BrClFN2O/c14-7-1-3-9(11(16)5-7)13(19)18-8-2-4-10(15)12(17)6-8/h1-6H,17H2,(H,18,19). The van der Waals surface area contributed by atoms with Crippen LogP contribution in [0.25, 0.3) is 0 Å². The van der Waals surface area contributed by atoms with Crippen molar-refractivity contribution in [3.8, 4) is 0 Å². The van der Waals surface area contributed by atoms with Crippen molar-refractivity contribution in [2.45, 2.75) is 0 Å². The molecule has 0 aliphatic rings. The summed E-state index contributed by atoms with van der Waals surface area (Å²) in [5, 5.41) is 2.95. The van der Waals surface area contributed by atoms with E-state index in [1.54, 1.807) is 18.2 Å². The Hall–Kier alpha value is -1.59. The zero-order chi connectivity index (χ0) is 14.0. The van der Waals surface area contributed by atoms with E-state index in [0.717, 1.165) is 0 Å². The molecule has 0 fully saturated rings. The van der Waals surface area contributed by atoms with Crippen LogP contribution in [0.15, 0.2) is 40.9 Å². The molecule has 0 aliphatic carbocycles. The quantitative estimate of drug-likeness (QED) is 0.807. The van der Waals surface area contributed by atoms with E-state index in [1.807, 2.05) is 0 Å². The van der Waals surface area contributed by atoms with Gasteiger partial charge in [0.1, 0.15) is 5.82 Å². The first-order valence-corrected chi connectivity index (χ1v) is 6.46. The van der Waals surface area contributed by atoms with E-state index in [1.165, 1.54) is 18.2 Å². The highest BCUT2D eigenvalue weighted by Gasteiger charge is 2.12. The molecule has 1 amide bonds. The summed E-state index contributed by atoms with van der Waals surface area (Å²) >= 11 is 8.90. The lowest BCUT2D eigenvalue weighted by molar-refractivity contribution is 0.102. The van der Waals surface area contributed by atoms with Crippen LogP contribution >= 0.6 is 27.5 Å². The highest BCUT2D eigenvalue weighted by atomic mass is 79.9. The largest absolute Gasteiger partial charge is 0.397 e. The summed E-state index contributed by atoms with van der Waals surface area (Å²) in [4.78, 5) is 11.9. The Balaban J connectivity index is 2.23. The maximum absolute atomic E-state index is 13.6. The third kappa shape index (κ3) is 3.24. The van der Waals surface area contributed by atoms with Crippen molar-refractivity contribution in [3.63, 3.8) is 0 Å². The molecule has 98 valence electrons. The van der Waals surface area contributed by atoms with Crippen molar-refractivity contribution >= 4 is 44.8 Å². The Morgan fingerprint density at radius 1 is 1.26 bits per heavy atom. The SMILES string of the molecule is Nc1cc(NC(=O)c2ccc(Br)cc2F)ccc1Cl. The highest BCUT2D eigenvalue weighted by molar-refractivity contribution is 9.10. The molecule has 0 heterocycles. The summed E-state index contributed by atoms with van der Waals surface area (Å²) in [6, 6.07) is 8.88. The molecule has 0 atom stereocenters. The Morgan fingerprint density at radius 2 is 2.00 bits per heavy atom. The third-order valence-electron chi connectivity index (χ3n) is 2.43. The molecular formula is C13H9BrClFN2O. The Bertz CT molecular complexity index is 649. The van der Waals surface area contributed by atoms with Crippen molar-refractivity contribution in [2.75, 3.05) is 11.1 Å². The number of benzene rings is 2. The molecule has 0 aromatic heterocycles. The van der Waals surface area contributed by atoms with Gasteiger partial charge in [-0.05, 0) is 36.4 Å². The van der Waals surface area contributed by atoms with Crippen LogP contribution in [0.3, 0.4) is 0 Å². The van der Waals surface area contributed by atoms with Crippen LogP contribution in [0.2, 0.25) is 5.02 Å². The first kappa shape index (κ1) is 13.8. The second-order valence-corrected chi connectivity index (χ2v) is 5.14. The molecule has 2 aromatic carbocycles. The lowest BCUT2D eigenvalue weighted by atomic mass is 10.2. The van der Waals surface area contributed by atoms with Crippen molar-refractivity contribution < 1.29 is 9.18 Å². The Labute approximate surface area is 122 Å². The molecule has 6 heteroatoms. The summed E-state index contributed by atoms with van der Waals surface area (Å²) < 4.78 is 14.2. The van der Waals surface area contributed by atoms with Gasteiger partial charge in [0.25, 0.3) is 5.91 Å². The van der Waals surface area contributed by atoms with Crippen LogP contribution in [0.4, 0.5) is 15.8 Å². The van der Waals surface area contributed by atoms with Gasteiger partial charge < -0.3 is 11.1 Å². The summed E-state index contributed by atoms with van der Waals surface area (Å²) in [7, 11) is 0. The van der Waals surface area contributed by atoms with E-state index in [9.17, 15) is 9.18 Å². The van der Waals surface area contributed by atoms with E-state index in [0.29, 0.717) is 20.9 Å². The zero-order valence-electron chi connectivity index (χ0n) is 9.58. The molecule has 19 heavy (non-hydrogen) atoms. The molecule has 3 N–H and O–H groups in total. The van der Waals surface area contributed by atoms with Gasteiger partial charge in [-0.3, -0.25) is 4.79 Å². The number of nitrogen functional groups attached to an aromatic ring is 1. The number of carbonyl (C=O) groups is 1. The van der Waals surface area contributed by atoms with Gasteiger partial charge >= 0.3 is 0 Å². The molecule has 0 unspecified atom stereocenters. The van der Waals surface area contributed by atoms with Crippen molar-refractivity contribution in [3.05, 3.63) is 57.3 Å². The molecule has 0 saturated heterocycles. The van der Waals surface area contributed by atoms with Crippen molar-refractivity contribution in [1.82, 2.24) is 0 Å². The van der Waals surface area contributed by atoms with Gasteiger partial charge in [0.2, 0.25) is 0 Å². The number of rotatable bonds is 2. The van der Waals surface area contributed by atoms with Crippen LogP contribution in [0, 0.1) is 5.82 Å². The van der Waals surface area contributed by atoms with E-state index < -0.39 is 11.7 Å². The fraction of sp³-hybridized carbons (Fsp3) is 0. The number of amides is 1. The first-order valence-electron chi connectivity index (χ1n) is 5.29. The van der Waals surface area contributed by atoms with Crippen LogP contribution in [0.5, 0.6) is 0 Å². The number of carbonyl (C=O) groups excluding carboxylic acids is 1. The second-order valence-electron chi connectivity index (χ2n) is 3.81. The maximum atomic E-state index is 13.6. The van der Waals surface area contributed by atoms with Crippen molar-refractivity contribution in [2.24, 2.45) is 0 Å². The smallest absolute Gasteiger partial charge is 0.258 e. The Morgan fingerprint density at radius 3 is 2.63 bits per heavy atom. The maximum Gasteiger partial charge on any atom is 0.258 e. The lowest BCUT2D eigenvalue weighted by Gasteiger charge is -2.07. The molecule has 0 aliphatic heterocycles. The van der Waals surface area contributed by atoms with Crippen LogP contribution in [-0.2, 0) is 0 Å². The summed E-state index contributed by atoms with van der Waals surface area (Å²) in [5.41, 5.74) is 6.37. The van der Waals surface area contributed by atoms with Crippen molar-refractivity contribution in [1.29, 1.82) is 0 Å². The lowest BCUT2D eigenvalue weighted by Crippen LogP contribution is -2.13. The van der Waals surface area contributed by atoms with Crippen LogP contribution < -0.4 is 11.1 Å². The van der Waals surface area contributed by atoms with Gasteiger partial charge in [-0.25, -0.2) is 4.39 Å². The van der Waals surface area contributed by atoms with Crippen LogP contribution in [0.1, 0.15) is 10.4 Å². The average Bonchev–Trinajstić information content (AvgIpc) is 2.33. The summed E-state index contributed by atoms with van der Waals surface area (Å²) in [6.45, 7) is 0. The minimum Gasteiger partial charge on any atom is -0.397 e. The summed E-state index contributed by atoms with van der Waals surface area (Å²) in [5.74, 6) is -1.15. The number of nitrogens with two attached hydrogens (primary N) is 1. The number of hydrogen-bond acceptors (Lipinski definition) is 2. The molecule has 3 nitrogen and oxygen atoms in total. The molecule has 0 bridgehead atoms. The number of hydrogen-bond donors (Lipinski definition) is 2. The first-order chi connectivity index (χ1) is 8.97. The minimum absolute atomic E-state index is 0.0447. The molecule has 0 saturated carbocycles. The zero-order valence-corrected chi connectivity index (χ0v) is 11.9. The summed E-state index contributed by atoms with van der Waals surface area (Å²) in [6.07, 6.45) is 0. The van der Waals surface area contributed by atoms with Gasteiger partial charge in [-0.2, -0.15) is 0 Å². The van der Waals surface area contributed by atoms with Gasteiger partial charge in [0.05, 0.1) is 16.3 Å². The van der Waals surface area contributed by atoms with Gasteiger partial charge in [0.15, 0.2) is 0 Å². The average molecular weight is 344 g/mol. The number of anilines is 2. The van der Waals surface area contributed by atoms with Gasteiger partial charge in [-0.15, -0.1) is 0 Å². The number of nitrogens with one attached hydrogen (secondary N) is 1. The van der Waals surface area contributed by atoms with Gasteiger partial charge in [-0.1, -0.05) is 27.5 Å². The molecule has 2 rings (SSSR count). The van der Waals surface area contributed by atoms with Crippen LogP contribution in [-0.4, -0.2) is 5.91 Å². The molecule has 0 spiro atoms. The fourth-order valence-electron chi connectivity index (χ4n) is 1.49.